The van der Waals surface area contributed by atoms with E-state index >= 15 is 0 Å². The van der Waals surface area contributed by atoms with E-state index < -0.39 is 32.5 Å². The normalized spacial score (nSPS) is 10.4. The van der Waals surface area contributed by atoms with E-state index in [0.29, 0.717) is 6.07 Å². The van der Waals surface area contributed by atoms with Crippen LogP contribution in [-0.4, -0.2) is 35.1 Å². The van der Waals surface area contributed by atoms with Gasteiger partial charge in [-0.15, -0.1) is 0 Å². The van der Waals surface area contributed by atoms with E-state index in [1.165, 1.54) is 0 Å². The molecule has 0 fully saturated rings. The molecule has 1 aromatic carbocycles. The van der Waals surface area contributed by atoms with Gasteiger partial charge in [0, 0.05) is 0 Å². The molecule has 0 unspecified atom stereocenters. The van der Waals surface area contributed by atoms with Crippen LogP contribution in [0.15, 0.2) is 23.1 Å². The maximum Gasteiger partial charge on any atom is 1.00 e. The summed E-state index contributed by atoms with van der Waals surface area (Å²) in [7, 11) is -4.69. The number of benzene rings is 1. The van der Waals surface area contributed by atoms with Crippen LogP contribution < -0.4 is 51.4 Å². The van der Waals surface area contributed by atoms with Gasteiger partial charge in [0.1, 0.15) is 4.90 Å². The largest absolute Gasteiger partial charge is 1.00 e. The topological polar surface area (TPSA) is 129 Å². The molecule has 0 heterocycles. The van der Waals surface area contributed by atoms with Gasteiger partial charge >= 0.3 is 63.3 Å². The summed E-state index contributed by atoms with van der Waals surface area (Å²) in [4.78, 5) is 20.4. The Hall–Kier alpha value is -0.294. The molecule has 0 aromatic heterocycles. The summed E-state index contributed by atoms with van der Waals surface area (Å²) in [5, 5.41) is 17.2. The van der Waals surface area contributed by atoms with Crippen LogP contribution in [0.3, 0.4) is 0 Å². The Morgan fingerprint density at radius 2 is 1.65 bits per heavy atom. The second kappa shape index (κ2) is 6.04. The summed E-state index contributed by atoms with van der Waals surface area (Å²) in [5.74, 6) is -3.04. The molecular formula is C8H7KO7S. The molecule has 88 valence electrons. The first kappa shape index (κ1) is 16.7. The van der Waals surface area contributed by atoms with Crippen molar-refractivity contribution in [2.24, 2.45) is 0 Å². The van der Waals surface area contributed by atoms with Crippen LogP contribution in [0.2, 0.25) is 0 Å². The maximum absolute atomic E-state index is 10.8. The van der Waals surface area contributed by atoms with Gasteiger partial charge in [0.15, 0.2) is 0 Å². The van der Waals surface area contributed by atoms with E-state index in [1.54, 1.807) is 0 Å². The van der Waals surface area contributed by atoms with Gasteiger partial charge in [0.25, 0.3) is 10.1 Å². The zero-order chi connectivity index (χ0) is 12.5. The van der Waals surface area contributed by atoms with Crippen LogP contribution in [0.1, 0.15) is 22.1 Å². The van der Waals surface area contributed by atoms with Crippen LogP contribution >= 0.6 is 0 Å². The first-order valence-electron chi connectivity index (χ1n) is 3.81. The fourth-order valence-corrected chi connectivity index (χ4v) is 1.72. The summed E-state index contributed by atoms with van der Waals surface area (Å²) < 4.78 is 30.3. The predicted octanol–water partition coefficient (Wildman–Crippen LogP) is -2.55. The van der Waals surface area contributed by atoms with Crippen molar-refractivity contribution in [3.8, 4) is 0 Å². The first-order chi connectivity index (χ1) is 7.23. The molecule has 17 heavy (non-hydrogen) atoms. The van der Waals surface area contributed by atoms with Crippen molar-refractivity contribution in [1.29, 1.82) is 0 Å². The Bertz CT molecular complexity index is 569. The summed E-state index contributed by atoms with van der Waals surface area (Å²) in [5.41, 5.74) is -1.17. The molecule has 0 aliphatic rings. The summed E-state index contributed by atoms with van der Waals surface area (Å²) in [6.45, 7) is 0. The molecule has 0 aliphatic carbocycles. The summed E-state index contributed by atoms with van der Waals surface area (Å²) in [6, 6.07) is 2.27. The zero-order valence-corrected chi connectivity index (χ0v) is 12.6. The van der Waals surface area contributed by atoms with Gasteiger partial charge in [-0.1, -0.05) is 0 Å². The Kier molecular flexibility index (Phi) is 5.94. The quantitative estimate of drug-likeness (QED) is 0.412. The SMILES string of the molecule is O=C(O)c1ccc(S(=O)(=O)O)c(C(=O)O)c1.[H-].[K+]. The second-order valence-corrected chi connectivity index (χ2v) is 4.19. The van der Waals surface area contributed by atoms with E-state index in [-0.39, 0.29) is 58.4 Å². The van der Waals surface area contributed by atoms with Crippen LogP contribution in [0.5, 0.6) is 0 Å². The smallest absolute Gasteiger partial charge is 1.00 e. The molecule has 0 bridgehead atoms. The minimum absolute atomic E-state index is 0. The van der Waals surface area contributed by atoms with Gasteiger partial charge in [-0.3, -0.25) is 4.55 Å². The number of rotatable bonds is 3. The van der Waals surface area contributed by atoms with Crippen molar-refractivity contribution in [2.75, 3.05) is 0 Å². The molecule has 0 amide bonds. The molecule has 1 rings (SSSR count). The van der Waals surface area contributed by atoms with Crippen molar-refractivity contribution in [2.45, 2.75) is 4.90 Å². The Morgan fingerprint density at radius 1 is 1.12 bits per heavy atom. The van der Waals surface area contributed by atoms with Crippen molar-refractivity contribution in [1.82, 2.24) is 0 Å². The first-order valence-corrected chi connectivity index (χ1v) is 5.25. The van der Waals surface area contributed by atoms with Crippen molar-refractivity contribution in [3.05, 3.63) is 29.3 Å². The number of hydrogen-bond donors (Lipinski definition) is 3. The zero-order valence-electron chi connectivity index (χ0n) is 9.61. The Morgan fingerprint density at radius 3 is 2.00 bits per heavy atom. The Labute approximate surface area is 140 Å². The van der Waals surface area contributed by atoms with Crippen molar-refractivity contribution >= 4 is 22.1 Å². The van der Waals surface area contributed by atoms with Gasteiger partial charge in [-0.25, -0.2) is 9.59 Å². The van der Waals surface area contributed by atoms with Crippen LogP contribution in [0.25, 0.3) is 0 Å². The fourth-order valence-electron chi connectivity index (χ4n) is 1.06. The van der Waals surface area contributed by atoms with E-state index in [2.05, 4.69) is 0 Å². The standard InChI is InChI=1S/C8H6O7S.K.H/c9-7(10)4-1-2-6(16(13,14)15)5(3-4)8(11)12;;/h1-3H,(H,9,10)(H,11,12)(H,13,14,15);;/q;+1;-1. The fraction of sp³-hybridized carbons (Fsp3) is 0. The number of aromatic carboxylic acids is 2. The molecule has 0 saturated heterocycles. The van der Waals surface area contributed by atoms with E-state index in [4.69, 9.17) is 14.8 Å². The third-order valence-corrected chi connectivity index (χ3v) is 2.65. The molecule has 1 aromatic rings. The molecule has 0 atom stereocenters. The Balaban J connectivity index is 0. The van der Waals surface area contributed by atoms with Crippen molar-refractivity contribution < 1.29 is 85.6 Å². The number of carboxylic acids is 2. The number of carboxylic acid groups (broad SMARTS) is 2. The number of carbonyl (C=O) groups is 2. The monoisotopic (exact) mass is 286 g/mol. The van der Waals surface area contributed by atoms with Gasteiger partial charge in [0.2, 0.25) is 0 Å². The molecule has 0 radical (unpaired) electrons. The third kappa shape index (κ3) is 4.14. The molecule has 7 nitrogen and oxygen atoms in total. The third-order valence-electron chi connectivity index (χ3n) is 1.73. The predicted molar refractivity (Wildman–Crippen MR) is 51.3 cm³/mol. The van der Waals surface area contributed by atoms with Gasteiger partial charge in [-0.2, -0.15) is 8.42 Å². The molecular weight excluding hydrogens is 279 g/mol. The van der Waals surface area contributed by atoms with Crippen LogP contribution in [0, 0.1) is 0 Å². The van der Waals surface area contributed by atoms with Crippen LogP contribution in [-0.2, 0) is 10.1 Å². The van der Waals surface area contributed by atoms with Crippen molar-refractivity contribution in [3.63, 3.8) is 0 Å². The summed E-state index contributed by atoms with van der Waals surface area (Å²) >= 11 is 0. The average Bonchev–Trinajstić information content (AvgIpc) is 2.15. The number of hydrogen-bond acceptors (Lipinski definition) is 4. The molecule has 9 heteroatoms. The average molecular weight is 286 g/mol. The van der Waals surface area contributed by atoms with Gasteiger partial charge in [-0.05, 0) is 18.2 Å². The molecule has 0 aliphatic heterocycles. The van der Waals surface area contributed by atoms with E-state index in [1.807, 2.05) is 0 Å². The van der Waals surface area contributed by atoms with E-state index in [9.17, 15) is 18.0 Å². The van der Waals surface area contributed by atoms with Crippen LogP contribution in [0.4, 0.5) is 0 Å². The van der Waals surface area contributed by atoms with Gasteiger partial charge < -0.3 is 11.6 Å². The minimum Gasteiger partial charge on any atom is -1.00 e. The maximum atomic E-state index is 10.8. The molecule has 0 spiro atoms. The second-order valence-electron chi connectivity index (χ2n) is 2.80. The summed E-state index contributed by atoms with van der Waals surface area (Å²) in [6.07, 6.45) is 0. The molecule has 3 N–H and O–H groups in total. The molecule has 0 saturated carbocycles. The van der Waals surface area contributed by atoms with Gasteiger partial charge in [0.05, 0.1) is 11.1 Å². The van der Waals surface area contributed by atoms with E-state index in [0.717, 1.165) is 12.1 Å². The minimum atomic E-state index is -4.69.